The molecule has 0 unspecified atom stereocenters. The monoisotopic (exact) mass is 211 g/mol. The van der Waals surface area contributed by atoms with E-state index < -0.39 is 0 Å². The van der Waals surface area contributed by atoms with Gasteiger partial charge in [-0.1, -0.05) is 32.3 Å². The minimum Gasteiger partial charge on any atom is -0.411 e. The van der Waals surface area contributed by atoms with Crippen LogP contribution in [0.15, 0.2) is 10.1 Å². The highest BCUT2D eigenvalue weighted by atomic mass is 16.4. The summed E-state index contributed by atoms with van der Waals surface area (Å²) in [4.78, 5) is 6.64. The topological polar surface area (TPSA) is 48.2 Å². The first-order chi connectivity index (χ1) is 7.09. The Morgan fingerprint density at radius 2 is 2.33 bits per heavy atom. The van der Waals surface area contributed by atoms with E-state index in [1.807, 2.05) is 0 Å². The first-order valence-corrected chi connectivity index (χ1v) is 5.56. The molecular formula is C11H21N3O. The molecule has 1 N–H and O–H groups in total. The summed E-state index contributed by atoms with van der Waals surface area (Å²) < 4.78 is 0. The van der Waals surface area contributed by atoms with Gasteiger partial charge in [0, 0.05) is 25.0 Å². The number of hydrogen-bond acceptors (Lipinski definition) is 4. The summed E-state index contributed by atoms with van der Waals surface area (Å²) in [7, 11) is 0. The summed E-state index contributed by atoms with van der Waals surface area (Å²) in [6.45, 7) is 9.37. The molecule has 0 amide bonds. The van der Waals surface area contributed by atoms with Crippen molar-refractivity contribution in [3.63, 3.8) is 0 Å². The predicted octanol–water partition coefficient (Wildman–Crippen LogP) is 1.99. The van der Waals surface area contributed by atoms with Crippen LogP contribution in [0.1, 0.15) is 33.6 Å². The molecule has 1 aliphatic rings. The van der Waals surface area contributed by atoms with Crippen LogP contribution in [0.4, 0.5) is 0 Å². The van der Waals surface area contributed by atoms with Crippen molar-refractivity contribution >= 4 is 12.1 Å². The number of amidine groups is 1. The zero-order chi connectivity index (χ0) is 11.3. The average molecular weight is 211 g/mol. The molecule has 1 aliphatic heterocycles. The lowest BCUT2D eigenvalue weighted by Crippen LogP contribution is -2.45. The molecule has 0 fully saturated rings. The molecule has 1 rings (SSSR count). The van der Waals surface area contributed by atoms with Crippen molar-refractivity contribution in [1.82, 2.24) is 4.90 Å². The zero-order valence-electron chi connectivity index (χ0n) is 9.90. The van der Waals surface area contributed by atoms with Gasteiger partial charge in [-0.25, -0.2) is 0 Å². The maximum Gasteiger partial charge on any atom is 0.145 e. The Labute approximate surface area is 91.7 Å². The van der Waals surface area contributed by atoms with Gasteiger partial charge < -0.3 is 10.1 Å². The summed E-state index contributed by atoms with van der Waals surface area (Å²) in [5, 5.41) is 11.6. The number of aliphatic imine (C=N–C) groups is 1. The van der Waals surface area contributed by atoms with Crippen LogP contribution in [-0.2, 0) is 0 Å². The SMILES string of the molecule is CCCCN1CC(C)(C)CN=C1/C=N/O. The van der Waals surface area contributed by atoms with Gasteiger partial charge in [-0.2, -0.15) is 0 Å². The van der Waals surface area contributed by atoms with Crippen LogP contribution in [0.2, 0.25) is 0 Å². The Hall–Kier alpha value is -1.06. The second kappa shape index (κ2) is 5.14. The van der Waals surface area contributed by atoms with E-state index in [0.29, 0.717) is 0 Å². The zero-order valence-corrected chi connectivity index (χ0v) is 9.90. The number of unbranched alkanes of at least 4 members (excludes halogenated alkanes) is 1. The molecule has 15 heavy (non-hydrogen) atoms. The lowest BCUT2D eigenvalue weighted by atomic mass is 9.91. The summed E-state index contributed by atoms with van der Waals surface area (Å²) in [5.74, 6) is 0.810. The quantitative estimate of drug-likeness (QED) is 0.439. The Kier molecular flexibility index (Phi) is 4.12. The first-order valence-electron chi connectivity index (χ1n) is 5.56. The van der Waals surface area contributed by atoms with E-state index in [0.717, 1.165) is 31.9 Å². The van der Waals surface area contributed by atoms with Crippen molar-refractivity contribution in [3.05, 3.63) is 0 Å². The van der Waals surface area contributed by atoms with E-state index in [1.165, 1.54) is 12.6 Å². The standard InChI is InChI=1S/C11H21N3O/c1-4-5-6-14-9-11(2,3)8-12-10(14)7-13-15/h7,15H,4-6,8-9H2,1-3H3/b13-7+. The van der Waals surface area contributed by atoms with E-state index in [2.05, 4.69) is 35.8 Å². The van der Waals surface area contributed by atoms with Crippen LogP contribution < -0.4 is 0 Å². The normalized spacial score (nSPS) is 20.7. The third-order valence-electron chi connectivity index (χ3n) is 2.57. The predicted molar refractivity (Wildman–Crippen MR) is 62.8 cm³/mol. The minimum absolute atomic E-state index is 0.223. The Bertz CT molecular complexity index is 259. The van der Waals surface area contributed by atoms with Crippen molar-refractivity contribution in [2.75, 3.05) is 19.6 Å². The van der Waals surface area contributed by atoms with E-state index in [-0.39, 0.29) is 5.41 Å². The van der Waals surface area contributed by atoms with E-state index >= 15 is 0 Å². The van der Waals surface area contributed by atoms with E-state index in [4.69, 9.17) is 5.21 Å². The van der Waals surface area contributed by atoms with Crippen LogP contribution in [0.5, 0.6) is 0 Å². The molecule has 0 atom stereocenters. The average Bonchev–Trinajstić information content (AvgIpc) is 2.18. The van der Waals surface area contributed by atoms with Gasteiger partial charge in [-0.05, 0) is 6.42 Å². The molecule has 0 saturated heterocycles. The highest BCUT2D eigenvalue weighted by Gasteiger charge is 2.27. The van der Waals surface area contributed by atoms with Crippen LogP contribution in [0, 0.1) is 5.41 Å². The summed E-state index contributed by atoms with van der Waals surface area (Å²) in [6, 6.07) is 0. The molecule has 0 aliphatic carbocycles. The van der Waals surface area contributed by atoms with Gasteiger partial charge in [0.2, 0.25) is 0 Å². The van der Waals surface area contributed by atoms with Gasteiger partial charge >= 0.3 is 0 Å². The van der Waals surface area contributed by atoms with Gasteiger partial charge in [0.15, 0.2) is 0 Å². The number of hydrogen-bond donors (Lipinski definition) is 1. The Balaban J connectivity index is 2.69. The van der Waals surface area contributed by atoms with Crippen molar-refractivity contribution in [2.45, 2.75) is 33.6 Å². The molecule has 0 aromatic heterocycles. The van der Waals surface area contributed by atoms with Gasteiger partial charge in [0.1, 0.15) is 12.1 Å². The fraction of sp³-hybridized carbons (Fsp3) is 0.818. The van der Waals surface area contributed by atoms with E-state index in [1.54, 1.807) is 0 Å². The largest absolute Gasteiger partial charge is 0.411 e. The molecule has 0 spiro atoms. The second-order valence-corrected chi connectivity index (χ2v) is 4.86. The third kappa shape index (κ3) is 3.53. The molecule has 4 heteroatoms. The van der Waals surface area contributed by atoms with Gasteiger partial charge in [-0.15, -0.1) is 0 Å². The van der Waals surface area contributed by atoms with Crippen LogP contribution in [0.3, 0.4) is 0 Å². The smallest absolute Gasteiger partial charge is 0.145 e. The number of oxime groups is 1. The van der Waals surface area contributed by atoms with Crippen LogP contribution >= 0.6 is 0 Å². The second-order valence-electron chi connectivity index (χ2n) is 4.86. The Morgan fingerprint density at radius 3 is 2.93 bits per heavy atom. The first kappa shape index (κ1) is 12.0. The van der Waals surface area contributed by atoms with Gasteiger partial charge in [-0.3, -0.25) is 4.99 Å². The maximum atomic E-state index is 8.55. The summed E-state index contributed by atoms with van der Waals surface area (Å²) in [5.41, 5.74) is 0.223. The lowest BCUT2D eigenvalue weighted by Gasteiger charge is -2.37. The Morgan fingerprint density at radius 1 is 1.60 bits per heavy atom. The molecule has 86 valence electrons. The van der Waals surface area contributed by atoms with Crippen molar-refractivity contribution in [3.8, 4) is 0 Å². The number of nitrogens with zero attached hydrogens (tertiary/aromatic N) is 3. The fourth-order valence-corrected chi connectivity index (χ4v) is 1.76. The lowest BCUT2D eigenvalue weighted by molar-refractivity contribution is 0.240. The molecule has 1 heterocycles. The molecular weight excluding hydrogens is 190 g/mol. The highest BCUT2D eigenvalue weighted by molar-refractivity contribution is 6.29. The van der Waals surface area contributed by atoms with Crippen molar-refractivity contribution < 1.29 is 5.21 Å². The molecule has 0 bridgehead atoms. The van der Waals surface area contributed by atoms with Crippen molar-refractivity contribution in [2.24, 2.45) is 15.6 Å². The molecule has 0 aromatic carbocycles. The maximum absolute atomic E-state index is 8.55. The highest BCUT2D eigenvalue weighted by Crippen LogP contribution is 2.22. The summed E-state index contributed by atoms with van der Waals surface area (Å²) in [6.07, 6.45) is 3.75. The van der Waals surface area contributed by atoms with Crippen LogP contribution in [-0.4, -0.2) is 41.8 Å². The molecule has 4 nitrogen and oxygen atoms in total. The fourth-order valence-electron chi connectivity index (χ4n) is 1.76. The van der Waals surface area contributed by atoms with E-state index in [9.17, 15) is 0 Å². The van der Waals surface area contributed by atoms with Crippen molar-refractivity contribution in [1.29, 1.82) is 0 Å². The molecule has 0 radical (unpaired) electrons. The van der Waals surface area contributed by atoms with Gasteiger partial charge in [0.25, 0.3) is 0 Å². The summed E-state index contributed by atoms with van der Waals surface area (Å²) >= 11 is 0. The minimum atomic E-state index is 0.223. The number of rotatable bonds is 4. The molecule has 0 aromatic rings. The van der Waals surface area contributed by atoms with Crippen LogP contribution in [0.25, 0.3) is 0 Å². The third-order valence-corrected chi connectivity index (χ3v) is 2.57. The molecule has 0 saturated carbocycles. The van der Waals surface area contributed by atoms with Gasteiger partial charge in [0.05, 0.1) is 0 Å².